The Balaban J connectivity index is 1.62. The molecule has 5 rings (SSSR count). The molecule has 0 radical (unpaired) electrons. The number of ether oxygens (including phenoxy) is 1. The first-order valence-corrected chi connectivity index (χ1v) is 13.4. The maximum absolute atomic E-state index is 13.5. The molecule has 1 aromatic heterocycles. The van der Waals surface area contributed by atoms with Crippen molar-refractivity contribution in [3.63, 3.8) is 0 Å². The fraction of sp³-hybridized carbons (Fsp3) is 0. The summed E-state index contributed by atoms with van der Waals surface area (Å²) >= 11 is 19.1. The number of benzene rings is 4. The molecule has 0 N–H and O–H groups in total. The lowest BCUT2D eigenvalue weighted by Crippen LogP contribution is -2.20. The van der Waals surface area contributed by atoms with E-state index >= 15 is 0 Å². The SMILES string of the molecule is O=C(Oc1c(Br)cc(Br)cc1C=Nn1c(-c2ccccc2)nc2ccccc2c1=O)c1ccc(Cl)cc1Cl. The zero-order valence-corrected chi connectivity index (χ0v) is 23.9. The predicted molar refractivity (Wildman–Crippen MR) is 158 cm³/mol. The summed E-state index contributed by atoms with van der Waals surface area (Å²) in [6.07, 6.45) is 1.44. The molecule has 0 atom stereocenters. The van der Waals surface area contributed by atoms with E-state index in [1.165, 1.54) is 23.0 Å². The first kappa shape index (κ1) is 26.3. The molecule has 0 fully saturated rings. The van der Waals surface area contributed by atoms with Crippen LogP contribution in [-0.2, 0) is 0 Å². The highest BCUT2D eigenvalue weighted by Gasteiger charge is 2.18. The molecule has 0 spiro atoms. The summed E-state index contributed by atoms with van der Waals surface area (Å²) < 4.78 is 8.13. The molecule has 5 aromatic rings. The van der Waals surface area contributed by atoms with Gasteiger partial charge in [-0.2, -0.15) is 9.78 Å². The summed E-state index contributed by atoms with van der Waals surface area (Å²) in [4.78, 5) is 31.1. The maximum Gasteiger partial charge on any atom is 0.345 e. The first-order chi connectivity index (χ1) is 18.3. The van der Waals surface area contributed by atoms with Gasteiger partial charge in [0, 0.05) is 20.6 Å². The number of carbonyl (C=O) groups excluding carboxylic acids is 1. The second-order valence-electron chi connectivity index (χ2n) is 8.00. The van der Waals surface area contributed by atoms with Gasteiger partial charge in [-0.15, -0.1) is 0 Å². The van der Waals surface area contributed by atoms with Crippen molar-refractivity contribution in [2.24, 2.45) is 5.10 Å². The van der Waals surface area contributed by atoms with Gasteiger partial charge in [-0.25, -0.2) is 9.78 Å². The van der Waals surface area contributed by atoms with E-state index in [1.807, 2.05) is 36.4 Å². The standard InChI is InChI=1S/C28H15Br2Cl2N3O3/c29-18-12-17(25(22(30)13-18)38-28(37)20-11-10-19(31)14-23(20)32)15-33-35-26(16-6-2-1-3-7-16)34-24-9-5-4-8-21(24)27(35)36/h1-15H. The van der Waals surface area contributed by atoms with Crippen LogP contribution in [0.5, 0.6) is 5.75 Å². The number of para-hydroxylation sites is 1. The molecule has 0 bridgehead atoms. The van der Waals surface area contributed by atoms with E-state index in [4.69, 9.17) is 32.9 Å². The topological polar surface area (TPSA) is 73.5 Å². The number of aromatic nitrogens is 2. The molecule has 188 valence electrons. The molecule has 0 unspecified atom stereocenters. The fourth-order valence-corrected chi connectivity index (χ4v) is 5.54. The molecule has 0 saturated heterocycles. The molecule has 0 aliphatic heterocycles. The summed E-state index contributed by atoms with van der Waals surface area (Å²) in [6.45, 7) is 0. The number of hydrogen-bond acceptors (Lipinski definition) is 5. The quantitative estimate of drug-likeness (QED) is 0.108. The van der Waals surface area contributed by atoms with Crippen molar-refractivity contribution >= 4 is 78.1 Å². The number of hydrogen-bond donors (Lipinski definition) is 0. The van der Waals surface area contributed by atoms with Crippen molar-refractivity contribution in [1.29, 1.82) is 0 Å². The third-order valence-corrected chi connectivity index (χ3v) is 7.08. The summed E-state index contributed by atoms with van der Waals surface area (Å²) in [5.74, 6) is -0.124. The summed E-state index contributed by atoms with van der Waals surface area (Å²) in [6, 6.07) is 24.3. The van der Waals surface area contributed by atoms with Gasteiger partial charge in [0.25, 0.3) is 5.56 Å². The molecule has 6 nitrogen and oxygen atoms in total. The lowest BCUT2D eigenvalue weighted by atomic mass is 10.2. The molecule has 38 heavy (non-hydrogen) atoms. The monoisotopic (exact) mass is 669 g/mol. The van der Waals surface area contributed by atoms with E-state index in [-0.39, 0.29) is 21.9 Å². The van der Waals surface area contributed by atoms with Gasteiger partial charge in [0.15, 0.2) is 11.6 Å². The molecule has 10 heteroatoms. The normalized spacial score (nSPS) is 11.3. The highest BCUT2D eigenvalue weighted by atomic mass is 79.9. The average Bonchev–Trinajstić information content (AvgIpc) is 2.90. The fourth-order valence-electron chi connectivity index (χ4n) is 3.71. The Hall–Kier alpha value is -3.30. The Bertz CT molecular complexity index is 1790. The van der Waals surface area contributed by atoms with Gasteiger partial charge in [-0.05, 0) is 58.4 Å². The molecule has 0 aliphatic rings. The van der Waals surface area contributed by atoms with Gasteiger partial charge >= 0.3 is 5.97 Å². The van der Waals surface area contributed by atoms with Crippen LogP contribution in [0.4, 0.5) is 0 Å². The molecule has 1 heterocycles. The third kappa shape index (κ3) is 5.44. The van der Waals surface area contributed by atoms with Gasteiger partial charge in [0.05, 0.1) is 32.2 Å². The number of rotatable bonds is 5. The van der Waals surface area contributed by atoms with Crippen molar-refractivity contribution in [3.8, 4) is 17.1 Å². The first-order valence-electron chi connectivity index (χ1n) is 11.1. The molecular weight excluding hydrogens is 657 g/mol. The molecule has 0 aliphatic carbocycles. The Morgan fingerprint density at radius 1 is 0.947 bits per heavy atom. The van der Waals surface area contributed by atoms with Crippen molar-refractivity contribution in [3.05, 3.63) is 125 Å². The molecular formula is C28H15Br2Cl2N3O3. The minimum absolute atomic E-state index is 0.148. The van der Waals surface area contributed by atoms with Crippen LogP contribution in [0.15, 0.2) is 104 Å². The van der Waals surface area contributed by atoms with Crippen LogP contribution < -0.4 is 10.3 Å². The number of esters is 1. The third-order valence-electron chi connectivity index (χ3n) is 5.48. The minimum Gasteiger partial charge on any atom is -0.421 e. The molecule has 0 amide bonds. The van der Waals surface area contributed by atoms with E-state index in [1.54, 1.807) is 36.4 Å². The van der Waals surface area contributed by atoms with Crippen molar-refractivity contribution in [2.75, 3.05) is 0 Å². The number of fused-ring (bicyclic) bond motifs is 1. The molecule has 4 aromatic carbocycles. The molecule has 0 saturated carbocycles. The lowest BCUT2D eigenvalue weighted by Gasteiger charge is -2.12. The van der Waals surface area contributed by atoms with Crippen LogP contribution in [-0.4, -0.2) is 21.8 Å². The second kappa shape index (κ2) is 11.2. The van der Waals surface area contributed by atoms with Crippen LogP contribution in [0.2, 0.25) is 10.0 Å². The Morgan fingerprint density at radius 2 is 1.68 bits per heavy atom. The van der Waals surface area contributed by atoms with Crippen molar-refractivity contribution in [2.45, 2.75) is 0 Å². The minimum atomic E-state index is -0.682. The highest BCUT2D eigenvalue weighted by molar-refractivity contribution is 9.11. The average molecular weight is 672 g/mol. The van der Waals surface area contributed by atoms with Crippen molar-refractivity contribution < 1.29 is 9.53 Å². The van der Waals surface area contributed by atoms with Gasteiger partial charge in [-0.1, -0.05) is 81.6 Å². The van der Waals surface area contributed by atoms with Gasteiger partial charge in [0.1, 0.15) is 0 Å². The Labute approximate surface area is 243 Å². The van der Waals surface area contributed by atoms with E-state index in [9.17, 15) is 9.59 Å². The van der Waals surface area contributed by atoms with E-state index < -0.39 is 5.97 Å². The summed E-state index contributed by atoms with van der Waals surface area (Å²) in [5, 5.41) is 5.47. The number of nitrogens with zero attached hydrogens (tertiary/aromatic N) is 3. The largest absolute Gasteiger partial charge is 0.421 e. The van der Waals surface area contributed by atoms with Crippen LogP contribution in [0.25, 0.3) is 22.3 Å². The van der Waals surface area contributed by atoms with Crippen LogP contribution in [0, 0.1) is 0 Å². The second-order valence-corrected chi connectivity index (χ2v) is 10.6. The van der Waals surface area contributed by atoms with E-state index in [0.717, 1.165) is 0 Å². The number of halogens is 4. The van der Waals surface area contributed by atoms with Gasteiger partial charge in [0.2, 0.25) is 0 Å². The van der Waals surface area contributed by atoms with Gasteiger partial charge < -0.3 is 4.74 Å². The van der Waals surface area contributed by atoms with E-state index in [0.29, 0.717) is 41.8 Å². The summed E-state index contributed by atoms with van der Waals surface area (Å²) in [7, 11) is 0. The van der Waals surface area contributed by atoms with Crippen LogP contribution in [0.3, 0.4) is 0 Å². The zero-order chi connectivity index (χ0) is 26.8. The van der Waals surface area contributed by atoms with Crippen LogP contribution >= 0.6 is 55.1 Å². The summed E-state index contributed by atoms with van der Waals surface area (Å²) in [5.41, 5.74) is 1.50. The van der Waals surface area contributed by atoms with Crippen molar-refractivity contribution in [1.82, 2.24) is 9.66 Å². The Kier molecular flexibility index (Phi) is 7.76. The van der Waals surface area contributed by atoms with Gasteiger partial charge in [-0.3, -0.25) is 4.79 Å². The zero-order valence-electron chi connectivity index (χ0n) is 19.2. The smallest absolute Gasteiger partial charge is 0.345 e. The highest BCUT2D eigenvalue weighted by Crippen LogP contribution is 2.33. The van der Waals surface area contributed by atoms with Crippen LogP contribution in [0.1, 0.15) is 15.9 Å². The number of carbonyl (C=O) groups is 1. The lowest BCUT2D eigenvalue weighted by molar-refractivity contribution is 0.0733. The van der Waals surface area contributed by atoms with E-state index in [2.05, 4.69) is 37.0 Å². The maximum atomic E-state index is 13.5. The Morgan fingerprint density at radius 3 is 2.45 bits per heavy atom. The predicted octanol–water partition coefficient (Wildman–Crippen LogP) is 8.00.